The van der Waals surface area contributed by atoms with Gasteiger partial charge in [0.05, 0.1) is 22.8 Å². The Morgan fingerprint density at radius 1 is 0.625 bits per heavy atom. The third kappa shape index (κ3) is 3.78. The maximum Gasteiger partial charge on any atom is 0.286 e. The molecule has 0 fully saturated rings. The highest BCUT2D eigenvalue weighted by molar-refractivity contribution is 8.76. The minimum atomic E-state index is -0.0644. The minimum absolute atomic E-state index is 0.0644. The van der Waals surface area contributed by atoms with Crippen LogP contribution in [0.3, 0.4) is 0 Å². The molecule has 0 aliphatic rings. The lowest BCUT2D eigenvalue weighted by Crippen LogP contribution is -2.20. The lowest BCUT2D eigenvalue weighted by Gasteiger charge is -2.09. The fraction of sp³-hybridized carbons (Fsp3) is 0.250. The van der Waals surface area contributed by atoms with Gasteiger partial charge in [0.25, 0.3) is 11.1 Å². The molecule has 0 spiro atoms. The van der Waals surface area contributed by atoms with Crippen molar-refractivity contribution in [2.24, 2.45) is 14.1 Å². The Kier molecular flexibility index (Phi) is 6.53. The number of rotatable bonds is 7. The average Bonchev–Trinajstić information content (AvgIpc) is 3.20. The monoisotopic (exact) mass is 466 g/mol. The first-order chi connectivity index (χ1) is 15.5. The van der Waals surface area contributed by atoms with E-state index in [0.29, 0.717) is 9.79 Å². The first kappa shape index (κ1) is 22.4. The van der Waals surface area contributed by atoms with Gasteiger partial charge in [0.1, 0.15) is 9.79 Å². The van der Waals surface area contributed by atoms with E-state index in [9.17, 15) is 9.59 Å². The van der Waals surface area contributed by atoms with Gasteiger partial charge in [-0.05, 0) is 58.7 Å². The van der Waals surface area contributed by atoms with Gasteiger partial charge in [-0.15, -0.1) is 0 Å². The molecule has 4 aromatic rings. The molecule has 2 aromatic heterocycles. The van der Waals surface area contributed by atoms with Crippen LogP contribution < -0.4 is 11.1 Å². The Balaban J connectivity index is 1.75. The summed E-state index contributed by atoms with van der Waals surface area (Å²) in [6.45, 7) is 4.09. The topological polar surface area (TPSA) is 53.9 Å². The molecule has 0 saturated carbocycles. The SMILES string of the molecule is CCc1c(SSc2c(CC)n(C)n(-c3ccccc3)c2=O)c(=O)n(-c2ccccc2)n1C. The maximum absolute atomic E-state index is 13.3. The van der Waals surface area contributed by atoms with Gasteiger partial charge in [-0.1, -0.05) is 50.2 Å². The number of benzene rings is 2. The second-order valence-corrected chi connectivity index (χ2v) is 9.53. The molecule has 0 radical (unpaired) electrons. The van der Waals surface area contributed by atoms with Crippen molar-refractivity contribution in [3.8, 4) is 11.4 Å². The van der Waals surface area contributed by atoms with Crippen LogP contribution in [0.25, 0.3) is 11.4 Å². The van der Waals surface area contributed by atoms with Crippen LogP contribution in [0.4, 0.5) is 0 Å². The molecule has 0 N–H and O–H groups in total. The first-order valence-electron chi connectivity index (χ1n) is 10.6. The van der Waals surface area contributed by atoms with Crippen LogP contribution in [0.15, 0.2) is 80.0 Å². The second kappa shape index (κ2) is 9.34. The van der Waals surface area contributed by atoms with Gasteiger partial charge in [-0.2, -0.15) is 0 Å². The molecule has 0 amide bonds. The standard InChI is InChI=1S/C24H26N4O2S2/c1-5-19-21(23(29)27(25(19)3)17-13-9-7-10-14-17)31-32-22-20(6-2)26(4)28(24(22)30)18-15-11-8-12-16-18/h7-16H,5-6H2,1-4H3. The van der Waals surface area contributed by atoms with Crippen molar-refractivity contribution in [2.45, 2.75) is 36.5 Å². The van der Waals surface area contributed by atoms with E-state index in [2.05, 4.69) is 0 Å². The van der Waals surface area contributed by atoms with E-state index in [4.69, 9.17) is 0 Å². The first-order valence-corrected chi connectivity index (χ1v) is 12.7. The Bertz CT molecular complexity index is 1240. The van der Waals surface area contributed by atoms with Crippen LogP contribution in [0, 0.1) is 0 Å². The average molecular weight is 467 g/mol. The maximum atomic E-state index is 13.3. The molecule has 32 heavy (non-hydrogen) atoms. The van der Waals surface area contributed by atoms with Gasteiger partial charge in [0.15, 0.2) is 0 Å². The van der Waals surface area contributed by atoms with Crippen molar-refractivity contribution in [3.05, 3.63) is 92.8 Å². The molecule has 0 bridgehead atoms. The number of hydrogen-bond donors (Lipinski definition) is 0. The van der Waals surface area contributed by atoms with Crippen molar-refractivity contribution >= 4 is 21.6 Å². The molecule has 2 aromatic carbocycles. The van der Waals surface area contributed by atoms with Crippen LogP contribution in [0.5, 0.6) is 0 Å². The van der Waals surface area contributed by atoms with E-state index in [1.165, 1.54) is 21.6 Å². The van der Waals surface area contributed by atoms with Gasteiger partial charge in [-0.25, -0.2) is 9.36 Å². The van der Waals surface area contributed by atoms with Crippen molar-refractivity contribution in [1.82, 2.24) is 18.7 Å². The molecule has 0 atom stereocenters. The van der Waals surface area contributed by atoms with Gasteiger partial charge < -0.3 is 0 Å². The highest BCUT2D eigenvalue weighted by atomic mass is 33.1. The molecule has 0 unspecified atom stereocenters. The molecule has 8 heteroatoms. The molecular weight excluding hydrogens is 440 g/mol. The van der Waals surface area contributed by atoms with Gasteiger partial charge in [-0.3, -0.25) is 19.0 Å². The lowest BCUT2D eigenvalue weighted by molar-refractivity contribution is 0.618. The summed E-state index contributed by atoms with van der Waals surface area (Å²) in [4.78, 5) is 28.0. The van der Waals surface area contributed by atoms with Crippen molar-refractivity contribution < 1.29 is 0 Å². The van der Waals surface area contributed by atoms with E-state index in [0.717, 1.165) is 35.6 Å². The molecular formula is C24H26N4O2S2. The number of nitrogens with zero attached hydrogens (tertiary/aromatic N) is 4. The predicted molar refractivity (Wildman–Crippen MR) is 132 cm³/mol. The highest BCUT2D eigenvalue weighted by Crippen LogP contribution is 2.38. The van der Waals surface area contributed by atoms with Crippen molar-refractivity contribution in [1.29, 1.82) is 0 Å². The zero-order chi connectivity index (χ0) is 22.8. The normalized spacial score (nSPS) is 11.2. The molecule has 2 heterocycles. The minimum Gasteiger partial charge on any atom is -0.284 e. The number of aromatic nitrogens is 4. The van der Waals surface area contributed by atoms with E-state index in [1.807, 2.05) is 98.0 Å². The van der Waals surface area contributed by atoms with Crippen LogP contribution in [0.2, 0.25) is 0 Å². The van der Waals surface area contributed by atoms with Crippen LogP contribution in [-0.4, -0.2) is 18.7 Å². The predicted octanol–water partition coefficient (Wildman–Crippen LogP) is 4.59. The third-order valence-corrected chi connectivity index (χ3v) is 8.05. The van der Waals surface area contributed by atoms with E-state index in [-0.39, 0.29) is 11.1 Å². The third-order valence-electron chi connectivity index (χ3n) is 5.56. The van der Waals surface area contributed by atoms with Crippen LogP contribution in [0.1, 0.15) is 25.2 Å². The molecule has 0 aliphatic carbocycles. The summed E-state index contributed by atoms with van der Waals surface area (Å²) in [5.41, 5.74) is 3.43. The van der Waals surface area contributed by atoms with E-state index in [1.54, 1.807) is 9.36 Å². The summed E-state index contributed by atoms with van der Waals surface area (Å²) in [7, 11) is 6.57. The largest absolute Gasteiger partial charge is 0.286 e. The van der Waals surface area contributed by atoms with Gasteiger partial charge in [0.2, 0.25) is 0 Å². The summed E-state index contributed by atoms with van der Waals surface area (Å²) in [5.74, 6) is 0. The summed E-state index contributed by atoms with van der Waals surface area (Å²) in [5, 5.41) is 0. The van der Waals surface area contributed by atoms with Crippen molar-refractivity contribution in [3.63, 3.8) is 0 Å². The van der Waals surface area contributed by atoms with Gasteiger partial charge in [0, 0.05) is 14.1 Å². The summed E-state index contributed by atoms with van der Waals surface area (Å²) in [6.07, 6.45) is 1.44. The van der Waals surface area contributed by atoms with E-state index >= 15 is 0 Å². The quantitative estimate of drug-likeness (QED) is 0.374. The molecule has 4 rings (SSSR count). The zero-order valence-electron chi connectivity index (χ0n) is 18.6. The van der Waals surface area contributed by atoms with Gasteiger partial charge >= 0.3 is 0 Å². The molecule has 0 saturated heterocycles. The summed E-state index contributed by atoms with van der Waals surface area (Å²) >= 11 is 0. The fourth-order valence-corrected chi connectivity index (χ4v) is 6.73. The number of hydrogen-bond acceptors (Lipinski definition) is 4. The number of para-hydroxylation sites is 2. The smallest absolute Gasteiger partial charge is 0.284 e. The lowest BCUT2D eigenvalue weighted by atomic mass is 10.3. The fourth-order valence-electron chi connectivity index (χ4n) is 4.00. The van der Waals surface area contributed by atoms with E-state index < -0.39 is 0 Å². The molecule has 0 aliphatic heterocycles. The Morgan fingerprint density at radius 3 is 1.28 bits per heavy atom. The second-order valence-electron chi connectivity index (χ2n) is 7.38. The van der Waals surface area contributed by atoms with Crippen molar-refractivity contribution in [2.75, 3.05) is 0 Å². The highest BCUT2D eigenvalue weighted by Gasteiger charge is 2.23. The zero-order valence-corrected chi connectivity index (χ0v) is 20.2. The summed E-state index contributed by atoms with van der Waals surface area (Å²) in [6, 6.07) is 19.3. The summed E-state index contributed by atoms with van der Waals surface area (Å²) < 4.78 is 7.20. The van der Waals surface area contributed by atoms with Crippen LogP contribution in [-0.2, 0) is 26.9 Å². The molecule has 6 nitrogen and oxygen atoms in total. The van der Waals surface area contributed by atoms with Crippen LogP contribution >= 0.6 is 21.6 Å². The Labute approximate surface area is 194 Å². The molecule has 166 valence electrons. The Hall–Kier alpha value is -2.84. The Morgan fingerprint density at radius 2 is 0.969 bits per heavy atom.